The predicted molar refractivity (Wildman–Crippen MR) is 48.0 cm³/mol. The minimum atomic E-state index is -0.363. The van der Waals surface area contributed by atoms with Crippen LogP contribution in [0, 0.1) is 12.3 Å². The van der Waals surface area contributed by atoms with E-state index >= 15 is 0 Å². The van der Waals surface area contributed by atoms with Gasteiger partial charge in [0.25, 0.3) is 0 Å². The van der Waals surface area contributed by atoms with Crippen molar-refractivity contribution in [3.8, 4) is 12.3 Å². The van der Waals surface area contributed by atoms with Crippen molar-refractivity contribution in [1.29, 1.82) is 0 Å². The molecule has 0 fully saturated rings. The van der Waals surface area contributed by atoms with E-state index in [-0.39, 0.29) is 12.6 Å². The van der Waals surface area contributed by atoms with E-state index in [0.717, 1.165) is 0 Å². The molecule has 3 heteroatoms. The fourth-order valence-electron chi connectivity index (χ4n) is 0.774. The Hall–Kier alpha value is -1.82. The monoisotopic (exact) mass is 175 g/mol. The zero-order chi connectivity index (χ0) is 9.52. The molecular weight excluding hydrogens is 166 g/mol. The molecule has 0 radical (unpaired) electrons. The van der Waals surface area contributed by atoms with E-state index in [9.17, 15) is 4.79 Å². The maximum atomic E-state index is 11.2. The highest BCUT2D eigenvalue weighted by Gasteiger charge is 2.04. The maximum absolute atomic E-state index is 11.2. The number of aromatic nitrogens is 1. The number of ether oxygens (including phenoxy) is 1. The van der Waals surface area contributed by atoms with E-state index in [1.807, 2.05) is 0 Å². The second-order valence-electron chi connectivity index (χ2n) is 2.33. The van der Waals surface area contributed by atoms with Crippen LogP contribution in [0.15, 0.2) is 24.5 Å². The van der Waals surface area contributed by atoms with Crippen molar-refractivity contribution in [1.82, 2.24) is 4.98 Å². The Balaban J connectivity index is 2.46. The summed E-state index contributed by atoms with van der Waals surface area (Å²) in [5.74, 6) is 2.02. The average molecular weight is 175 g/mol. The molecule has 0 unspecified atom stereocenters. The van der Waals surface area contributed by atoms with Gasteiger partial charge in [0, 0.05) is 18.8 Å². The van der Waals surface area contributed by atoms with Gasteiger partial charge in [0.05, 0.1) is 5.56 Å². The molecule has 3 nitrogen and oxygen atoms in total. The topological polar surface area (TPSA) is 39.2 Å². The van der Waals surface area contributed by atoms with Gasteiger partial charge in [0.1, 0.15) is 6.61 Å². The summed E-state index contributed by atoms with van der Waals surface area (Å²) in [6.45, 7) is 0.262. The predicted octanol–water partition coefficient (Wildman–Crippen LogP) is 1.26. The van der Waals surface area contributed by atoms with Crippen LogP contribution in [0.25, 0.3) is 0 Å². The van der Waals surface area contributed by atoms with Gasteiger partial charge in [0.2, 0.25) is 0 Å². The second-order valence-corrected chi connectivity index (χ2v) is 2.33. The lowest BCUT2D eigenvalue weighted by atomic mass is 10.3. The van der Waals surface area contributed by atoms with Crippen LogP contribution in [0.2, 0.25) is 0 Å². The first kappa shape index (κ1) is 9.27. The SMILES string of the molecule is C#CCCOC(=O)c1ccncc1. The van der Waals surface area contributed by atoms with Crippen molar-refractivity contribution in [3.63, 3.8) is 0 Å². The van der Waals surface area contributed by atoms with Gasteiger partial charge in [0.15, 0.2) is 0 Å². The van der Waals surface area contributed by atoms with Crippen molar-refractivity contribution < 1.29 is 9.53 Å². The van der Waals surface area contributed by atoms with E-state index in [0.29, 0.717) is 12.0 Å². The summed E-state index contributed by atoms with van der Waals surface area (Å²) < 4.78 is 4.86. The van der Waals surface area contributed by atoms with Crippen LogP contribution in [0.4, 0.5) is 0 Å². The van der Waals surface area contributed by atoms with Crippen molar-refractivity contribution in [2.75, 3.05) is 6.61 Å². The molecule has 0 aromatic carbocycles. The molecule has 0 N–H and O–H groups in total. The van der Waals surface area contributed by atoms with Gasteiger partial charge in [-0.3, -0.25) is 4.98 Å². The third-order valence-corrected chi connectivity index (χ3v) is 1.40. The van der Waals surface area contributed by atoms with Gasteiger partial charge in [-0.05, 0) is 12.1 Å². The Morgan fingerprint density at radius 3 is 2.85 bits per heavy atom. The van der Waals surface area contributed by atoms with Crippen LogP contribution in [0.5, 0.6) is 0 Å². The standard InChI is InChI=1S/C10H9NO2/c1-2-3-8-13-10(12)9-4-6-11-7-5-9/h1,4-7H,3,8H2. The summed E-state index contributed by atoms with van der Waals surface area (Å²) in [5.41, 5.74) is 0.493. The number of pyridine rings is 1. The summed E-state index contributed by atoms with van der Waals surface area (Å²) in [5, 5.41) is 0. The average Bonchev–Trinajstić information content (AvgIpc) is 2.19. The zero-order valence-electron chi connectivity index (χ0n) is 7.06. The number of hydrogen-bond acceptors (Lipinski definition) is 3. The summed E-state index contributed by atoms with van der Waals surface area (Å²) in [6.07, 6.45) is 8.52. The third-order valence-electron chi connectivity index (χ3n) is 1.40. The number of rotatable bonds is 3. The highest BCUT2D eigenvalue weighted by atomic mass is 16.5. The van der Waals surface area contributed by atoms with Crippen LogP contribution in [-0.2, 0) is 4.74 Å². The number of carbonyl (C=O) groups excluding carboxylic acids is 1. The van der Waals surface area contributed by atoms with Crippen LogP contribution in [0.3, 0.4) is 0 Å². The Morgan fingerprint density at radius 1 is 1.54 bits per heavy atom. The van der Waals surface area contributed by atoms with Crippen LogP contribution in [-0.4, -0.2) is 17.6 Å². The van der Waals surface area contributed by atoms with Crippen molar-refractivity contribution in [2.45, 2.75) is 6.42 Å². The van der Waals surface area contributed by atoms with E-state index in [1.54, 1.807) is 12.1 Å². The quantitative estimate of drug-likeness (QED) is 0.394. The number of hydrogen-bond donors (Lipinski definition) is 0. The van der Waals surface area contributed by atoms with Crippen LogP contribution in [0.1, 0.15) is 16.8 Å². The number of nitrogens with zero attached hydrogens (tertiary/aromatic N) is 1. The molecule has 66 valence electrons. The van der Waals surface area contributed by atoms with Crippen LogP contribution >= 0.6 is 0 Å². The van der Waals surface area contributed by atoms with E-state index in [4.69, 9.17) is 11.2 Å². The molecule has 0 saturated heterocycles. The molecule has 0 amide bonds. The fraction of sp³-hybridized carbons (Fsp3) is 0.200. The number of esters is 1. The Morgan fingerprint density at radius 2 is 2.23 bits per heavy atom. The Bertz CT molecular complexity index is 313. The largest absolute Gasteiger partial charge is 0.461 e. The number of terminal acetylenes is 1. The normalized spacial score (nSPS) is 8.85. The van der Waals surface area contributed by atoms with E-state index in [2.05, 4.69) is 10.9 Å². The molecule has 0 aliphatic carbocycles. The molecule has 0 saturated carbocycles. The summed E-state index contributed by atoms with van der Waals surface area (Å²) in [4.78, 5) is 15.0. The molecule has 0 aliphatic rings. The summed E-state index contributed by atoms with van der Waals surface area (Å²) in [6, 6.07) is 3.19. The van der Waals surface area contributed by atoms with Gasteiger partial charge in [-0.1, -0.05) is 0 Å². The lowest BCUT2D eigenvalue weighted by Gasteiger charge is -2.00. The van der Waals surface area contributed by atoms with Crippen molar-refractivity contribution in [3.05, 3.63) is 30.1 Å². The highest BCUT2D eigenvalue weighted by molar-refractivity contribution is 5.89. The number of carbonyl (C=O) groups is 1. The Kier molecular flexibility index (Phi) is 3.52. The van der Waals surface area contributed by atoms with Crippen LogP contribution < -0.4 is 0 Å². The van der Waals surface area contributed by atoms with E-state index in [1.165, 1.54) is 12.4 Å². The highest BCUT2D eigenvalue weighted by Crippen LogP contribution is 1.99. The van der Waals surface area contributed by atoms with Crippen molar-refractivity contribution in [2.24, 2.45) is 0 Å². The van der Waals surface area contributed by atoms with Gasteiger partial charge in [-0.15, -0.1) is 12.3 Å². The van der Waals surface area contributed by atoms with Gasteiger partial charge in [-0.2, -0.15) is 0 Å². The molecule has 13 heavy (non-hydrogen) atoms. The first-order valence-electron chi connectivity index (χ1n) is 3.85. The van der Waals surface area contributed by atoms with Crippen molar-refractivity contribution >= 4 is 5.97 Å². The minimum absolute atomic E-state index is 0.262. The zero-order valence-corrected chi connectivity index (χ0v) is 7.06. The molecule has 0 bridgehead atoms. The molecule has 1 rings (SSSR count). The molecule has 1 aromatic rings. The maximum Gasteiger partial charge on any atom is 0.338 e. The lowest BCUT2D eigenvalue weighted by Crippen LogP contribution is -2.05. The lowest BCUT2D eigenvalue weighted by molar-refractivity contribution is 0.0513. The smallest absolute Gasteiger partial charge is 0.338 e. The molecule has 1 heterocycles. The van der Waals surface area contributed by atoms with Gasteiger partial charge in [-0.25, -0.2) is 4.79 Å². The van der Waals surface area contributed by atoms with Gasteiger partial charge >= 0.3 is 5.97 Å². The second kappa shape index (κ2) is 4.94. The summed E-state index contributed by atoms with van der Waals surface area (Å²) >= 11 is 0. The first-order valence-corrected chi connectivity index (χ1v) is 3.85. The van der Waals surface area contributed by atoms with E-state index < -0.39 is 0 Å². The Labute approximate surface area is 76.8 Å². The molecule has 0 spiro atoms. The first-order chi connectivity index (χ1) is 6.34. The molecular formula is C10H9NO2. The third kappa shape index (κ3) is 2.96. The molecule has 0 atom stereocenters. The molecule has 0 aliphatic heterocycles. The summed E-state index contributed by atoms with van der Waals surface area (Å²) in [7, 11) is 0. The molecule has 1 aromatic heterocycles. The van der Waals surface area contributed by atoms with Gasteiger partial charge < -0.3 is 4.74 Å². The fourth-order valence-corrected chi connectivity index (χ4v) is 0.774. The minimum Gasteiger partial charge on any atom is -0.461 e.